The number of nitrogens with zero attached hydrogens (tertiary/aromatic N) is 1. The third kappa shape index (κ3) is 2.69. The van der Waals surface area contributed by atoms with E-state index in [0.717, 1.165) is 49.6 Å². The summed E-state index contributed by atoms with van der Waals surface area (Å²) in [6.07, 6.45) is 4.86. The number of nitrogens with one attached hydrogen (secondary N) is 1. The van der Waals surface area contributed by atoms with Crippen LogP contribution < -0.4 is 5.32 Å². The Hall–Kier alpha value is -0.150. The van der Waals surface area contributed by atoms with E-state index in [1.807, 2.05) is 0 Å². The molecule has 3 aliphatic rings. The highest BCUT2D eigenvalue weighted by molar-refractivity contribution is 4.98. The molecular formula is C16H29FN2. The molecule has 19 heavy (non-hydrogen) atoms. The van der Waals surface area contributed by atoms with Gasteiger partial charge in [0.2, 0.25) is 0 Å². The lowest BCUT2D eigenvalue weighted by Gasteiger charge is -2.42. The van der Waals surface area contributed by atoms with Gasteiger partial charge in [-0.15, -0.1) is 0 Å². The largest absolute Gasteiger partial charge is 0.313 e. The van der Waals surface area contributed by atoms with Crippen molar-refractivity contribution in [1.29, 1.82) is 0 Å². The predicted molar refractivity (Wildman–Crippen MR) is 77.0 cm³/mol. The fraction of sp³-hybridized carbons (Fsp3) is 1.00. The first kappa shape index (κ1) is 13.8. The molecule has 110 valence electrons. The second-order valence-electron chi connectivity index (χ2n) is 7.03. The van der Waals surface area contributed by atoms with Crippen LogP contribution in [0.25, 0.3) is 0 Å². The first-order valence-electron chi connectivity index (χ1n) is 8.30. The Morgan fingerprint density at radius 2 is 2.00 bits per heavy atom. The van der Waals surface area contributed by atoms with Crippen molar-refractivity contribution in [2.24, 2.45) is 17.8 Å². The average molecular weight is 268 g/mol. The van der Waals surface area contributed by atoms with E-state index in [2.05, 4.69) is 24.1 Å². The zero-order valence-corrected chi connectivity index (χ0v) is 12.4. The van der Waals surface area contributed by atoms with Crippen LogP contribution in [-0.4, -0.2) is 42.8 Å². The van der Waals surface area contributed by atoms with E-state index in [1.54, 1.807) is 0 Å². The summed E-state index contributed by atoms with van der Waals surface area (Å²) in [5.74, 6) is 2.40. The molecule has 0 amide bonds. The molecular weight excluding hydrogens is 239 g/mol. The Balaban J connectivity index is 1.63. The lowest BCUT2D eigenvalue weighted by molar-refractivity contribution is 0.0706. The highest BCUT2D eigenvalue weighted by Gasteiger charge is 2.44. The molecule has 6 atom stereocenters. The second-order valence-corrected chi connectivity index (χ2v) is 7.03. The van der Waals surface area contributed by atoms with Crippen LogP contribution in [0.2, 0.25) is 0 Å². The summed E-state index contributed by atoms with van der Waals surface area (Å²) in [6, 6.07) is 1.23. The molecule has 1 N–H and O–H groups in total. The van der Waals surface area contributed by atoms with Gasteiger partial charge in [0.25, 0.3) is 0 Å². The molecule has 3 fully saturated rings. The van der Waals surface area contributed by atoms with Crippen LogP contribution in [0, 0.1) is 17.8 Å². The van der Waals surface area contributed by atoms with Crippen LogP contribution >= 0.6 is 0 Å². The van der Waals surface area contributed by atoms with Crippen molar-refractivity contribution in [1.82, 2.24) is 10.2 Å². The average Bonchev–Trinajstić information content (AvgIpc) is 2.82. The van der Waals surface area contributed by atoms with Crippen LogP contribution in [0.1, 0.15) is 46.0 Å². The molecule has 3 rings (SSSR count). The molecule has 2 nitrogen and oxygen atoms in total. The van der Waals surface area contributed by atoms with E-state index in [1.165, 1.54) is 25.9 Å². The minimum absolute atomic E-state index is 0.475. The zero-order chi connectivity index (χ0) is 13.4. The van der Waals surface area contributed by atoms with Gasteiger partial charge in [-0.05, 0) is 69.9 Å². The number of likely N-dealkylation sites (tertiary alicyclic amines) is 1. The third-order valence-corrected chi connectivity index (χ3v) is 6.06. The van der Waals surface area contributed by atoms with Crippen molar-refractivity contribution in [3.05, 3.63) is 0 Å². The number of piperidine rings is 1. The van der Waals surface area contributed by atoms with E-state index < -0.39 is 6.17 Å². The summed E-state index contributed by atoms with van der Waals surface area (Å²) in [7, 11) is 0. The maximum absolute atomic E-state index is 13.5. The molecule has 1 aliphatic carbocycles. The molecule has 3 heteroatoms. The number of hydrogen-bond donors (Lipinski definition) is 1. The van der Waals surface area contributed by atoms with Gasteiger partial charge >= 0.3 is 0 Å². The van der Waals surface area contributed by atoms with Crippen molar-refractivity contribution >= 4 is 0 Å². The minimum atomic E-state index is -0.550. The smallest absolute Gasteiger partial charge is 0.102 e. The van der Waals surface area contributed by atoms with Crippen molar-refractivity contribution in [3.63, 3.8) is 0 Å². The maximum Gasteiger partial charge on any atom is 0.102 e. The van der Waals surface area contributed by atoms with Gasteiger partial charge in [-0.3, -0.25) is 0 Å². The number of alkyl halides is 1. The summed E-state index contributed by atoms with van der Waals surface area (Å²) in [4.78, 5) is 2.64. The van der Waals surface area contributed by atoms with Gasteiger partial charge in [-0.1, -0.05) is 6.92 Å². The van der Waals surface area contributed by atoms with E-state index in [4.69, 9.17) is 0 Å². The van der Waals surface area contributed by atoms with Gasteiger partial charge < -0.3 is 10.2 Å². The molecule has 2 heterocycles. The second kappa shape index (κ2) is 5.69. The van der Waals surface area contributed by atoms with Crippen molar-refractivity contribution < 1.29 is 4.39 Å². The monoisotopic (exact) mass is 268 g/mol. The molecule has 2 saturated heterocycles. The summed E-state index contributed by atoms with van der Waals surface area (Å²) in [5, 5.41) is 3.62. The number of hydrogen-bond acceptors (Lipinski definition) is 2. The van der Waals surface area contributed by atoms with E-state index in [0.29, 0.717) is 6.04 Å². The highest BCUT2D eigenvalue weighted by atomic mass is 19.1. The number of rotatable bonds is 2. The number of fused-ring (bicyclic) bond motifs is 1. The third-order valence-electron chi connectivity index (χ3n) is 6.06. The molecule has 0 aromatic rings. The van der Waals surface area contributed by atoms with Crippen molar-refractivity contribution in [2.75, 3.05) is 19.6 Å². The van der Waals surface area contributed by atoms with Crippen LogP contribution in [0.4, 0.5) is 4.39 Å². The van der Waals surface area contributed by atoms with Gasteiger partial charge in [-0.25, -0.2) is 4.39 Å². The Bertz CT molecular complexity index is 309. The Morgan fingerprint density at radius 3 is 2.79 bits per heavy atom. The fourth-order valence-corrected chi connectivity index (χ4v) is 4.85. The summed E-state index contributed by atoms with van der Waals surface area (Å²) >= 11 is 0. The van der Waals surface area contributed by atoms with Gasteiger partial charge in [-0.2, -0.15) is 0 Å². The van der Waals surface area contributed by atoms with Crippen LogP contribution in [0.15, 0.2) is 0 Å². The maximum atomic E-state index is 13.5. The summed E-state index contributed by atoms with van der Waals surface area (Å²) in [5.41, 5.74) is 0. The molecule has 0 bridgehead atoms. The standard InChI is InChI=1S/C16H29FN2/c1-3-19-10-12(5-4-11(19)2)15-9-18-16-8-13(17)6-7-14(15)16/h11-16,18H,3-10H2,1-2H3/t11-,12?,13?,14?,15?,16?/m1/s1. The van der Waals surface area contributed by atoms with Crippen molar-refractivity contribution in [2.45, 2.75) is 64.2 Å². The van der Waals surface area contributed by atoms with E-state index >= 15 is 0 Å². The first-order chi connectivity index (χ1) is 9.19. The molecule has 0 spiro atoms. The van der Waals surface area contributed by atoms with E-state index in [-0.39, 0.29) is 0 Å². The first-order valence-corrected chi connectivity index (χ1v) is 8.30. The zero-order valence-electron chi connectivity index (χ0n) is 12.4. The lowest BCUT2D eigenvalue weighted by Crippen LogP contribution is -2.45. The van der Waals surface area contributed by atoms with Gasteiger partial charge in [0.15, 0.2) is 0 Å². The molecule has 2 aliphatic heterocycles. The normalized spacial score (nSPS) is 48.2. The molecule has 1 saturated carbocycles. The Labute approximate surface area is 117 Å². The Morgan fingerprint density at radius 1 is 1.16 bits per heavy atom. The van der Waals surface area contributed by atoms with Crippen LogP contribution in [-0.2, 0) is 0 Å². The van der Waals surface area contributed by atoms with Crippen LogP contribution in [0.3, 0.4) is 0 Å². The topological polar surface area (TPSA) is 15.3 Å². The summed E-state index contributed by atoms with van der Waals surface area (Å²) < 4.78 is 13.5. The molecule has 0 aromatic heterocycles. The molecule has 0 aromatic carbocycles. The van der Waals surface area contributed by atoms with Gasteiger partial charge in [0.1, 0.15) is 6.17 Å². The number of halogens is 1. The summed E-state index contributed by atoms with van der Waals surface area (Å²) in [6.45, 7) is 8.23. The molecule has 0 radical (unpaired) electrons. The van der Waals surface area contributed by atoms with Crippen LogP contribution in [0.5, 0.6) is 0 Å². The molecule has 5 unspecified atom stereocenters. The van der Waals surface area contributed by atoms with Gasteiger partial charge in [0, 0.05) is 18.6 Å². The SMILES string of the molecule is CCN1CC(C2CNC3CC(F)CCC32)CC[C@H]1C. The highest BCUT2D eigenvalue weighted by Crippen LogP contribution is 2.42. The predicted octanol–water partition coefficient (Wildman–Crippen LogP) is 2.83. The lowest BCUT2D eigenvalue weighted by atomic mass is 9.71. The van der Waals surface area contributed by atoms with E-state index in [9.17, 15) is 4.39 Å². The Kier molecular flexibility index (Phi) is 4.14. The minimum Gasteiger partial charge on any atom is -0.313 e. The van der Waals surface area contributed by atoms with Gasteiger partial charge in [0.05, 0.1) is 0 Å². The quantitative estimate of drug-likeness (QED) is 0.828. The fourth-order valence-electron chi connectivity index (χ4n) is 4.85. The van der Waals surface area contributed by atoms with Crippen molar-refractivity contribution in [3.8, 4) is 0 Å².